The van der Waals surface area contributed by atoms with Gasteiger partial charge in [-0.25, -0.2) is 0 Å². The van der Waals surface area contributed by atoms with Gasteiger partial charge >= 0.3 is 5.97 Å². The highest BCUT2D eigenvalue weighted by atomic mass is 16.5. The first-order chi connectivity index (χ1) is 10.7. The number of hydrogen-bond donors (Lipinski definition) is 1. The van der Waals surface area contributed by atoms with E-state index >= 15 is 0 Å². The molecule has 1 unspecified atom stereocenters. The van der Waals surface area contributed by atoms with Crippen molar-refractivity contribution >= 4 is 5.97 Å². The molecule has 0 amide bonds. The first-order valence-electron chi connectivity index (χ1n) is 7.76. The van der Waals surface area contributed by atoms with Gasteiger partial charge in [-0.1, -0.05) is 36.4 Å². The van der Waals surface area contributed by atoms with Crippen LogP contribution < -0.4 is 4.74 Å². The second-order valence-corrected chi connectivity index (χ2v) is 5.73. The van der Waals surface area contributed by atoms with Gasteiger partial charge in [-0.3, -0.25) is 4.79 Å². The summed E-state index contributed by atoms with van der Waals surface area (Å²) in [6.07, 6.45) is 3.47. The van der Waals surface area contributed by atoms with E-state index in [0.717, 1.165) is 42.6 Å². The van der Waals surface area contributed by atoms with E-state index < -0.39 is 5.97 Å². The average Bonchev–Trinajstić information content (AvgIpc) is 2.55. The number of carboxylic acids is 1. The lowest BCUT2D eigenvalue weighted by molar-refractivity contribution is -0.139. The van der Waals surface area contributed by atoms with Crippen LogP contribution in [0.25, 0.3) is 0 Å². The van der Waals surface area contributed by atoms with Crippen molar-refractivity contribution in [2.24, 2.45) is 0 Å². The third-order valence-electron chi connectivity index (χ3n) is 4.23. The summed E-state index contributed by atoms with van der Waals surface area (Å²) in [4.78, 5) is 11.3. The van der Waals surface area contributed by atoms with Crippen molar-refractivity contribution < 1.29 is 14.6 Å². The number of carboxylic acid groups (broad SMARTS) is 1. The second kappa shape index (κ2) is 6.65. The molecule has 0 saturated carbocycles. The van der Waals surface area contributed by atoms with Crippen molar-refractivity contribution in [3.05, 3.63) is 65.2 Å². The molecule has 2 aromatic carbocycles. The third kappa shape index (κ3) is 3.30. The van der Waals surface area contributed by atoms with Crippen LogP contribution in [0.1, 0.15) is 35.4 Å². The van der Waals surface area contributed by atoms with Crippen molar-refractivity contribution in [3.63, 3.8) is 0 Å². The molecule has 114 valence electrons. The molecule has 1 atom stereocenters. The second-order valence-electron chi connectivity index (χ2n) is 5.73. The fourth-order valence-electron chi connectivity index (χ4n) is 3.07. The van der Waals surface area contributed by atoms with Gasteiger partial charge in [0.1, 0.15) is 5.75 Å². The summed E-state index contributed by atoms with van der Waals surface area (Å²) in [5.41, 5.74) is 3.33. The van der Waals surface area contributed by atoms with Gasteiger partial charge < -0.3 is 9.84 Å². The Labute approximate surface area is 130 Å². The van der Waals surface area contributed by atoms with Crippen LogP contribution in [-0.2, 0) is 17.6 Å². The highest BCUT2D eigenvalue weighted by Gasteiger charge is 2.26. The van der Waals surface area contributed by atoms with Crippen molar-refractivity contribution in [3.8, 4) is 5.75 Å². The van der Waals surface area contributed by atoms with E-state index in [2.05, 4.69) is 12.1 Å². The molecule has 3 rings (SSSR count). The van der Waals surface area contributed by atoms with E-state index in [0.29, 0.717) is 6.61 Å². The molecule has 3 heteroatoms. The Hall–Kier alpha value is -2.29. The van der Waals surface area contributed by atoms with Gasteiger partial charge in [-0.2, -0.15) is 0 Å². The Bertz CT molecular complexity index is 649. The summed E-state index contributed by atoms with van der Waals surface area (Å²) in [6, 6.07) is 16.1. The zero-order chi connectivity index (χ0) is 15.4. The summed E-state index contributed by atoms with van der Waals surface area (Å²) < 4.78 is 5.82. The summed E-state index contributed by atoms with van der Waals surface area (Å²) >= 11 is 0. The van der Waals surface area contributed by atoms with Gasteiger partial charge in [0.05, 0.1) is 12.5 Å². The highest BCUT2D eigenvalue weighted by molar-refractivity contribution is 5.77. The van der Waals surface area contributed by atoms with E-state index in [1.165, 1.54) is 5.56 Å². The molecule has 2 aromatic rings. The van der Waals surface area contributed by atoms with Gasteiger partial charge in [0.15, 0.2) is 0 Å². The van der Waals surface area contributed by atoms with E-state index in [9.17, 15) is 9.90 Å². The van der Waals surface area contributed by atoms with Crippen LogP contribution in [0.5, 0.6) is 5.75 Å². The van der Waals surface area contributed by atoms with Crippen LogP contribution in [0, 0.1) is 0 Å². The van der Waals surface area contributed by atoms with Crippen LogP contribution in [0.3, 0.4) is 0 Å². The monoisotopic (exact) mass is 296 g/mol. The minimum atomic E-state index is -0.723. The predicted octanol–water partition coefficient (Wildman–Crippen LogP) is 3.81. The lowest BCUT2D eigenvalue weighted by Crippen LogP contribution is -2.18. The van der Waals surface area contributed by atoms with Crippen LogP contribution in [0.2, 0.25) is 0 Å². The quantitative estimate of drug-likeness (QED) is 0.912. The highest BCUT2D eigenvalue weighted by Crippen LogP contribution is 2.33. The Morgan fingerprint density at radius 1 is 1.18 bits per heavy atom. The number of rotatable bonds is 5. The number of aliphatic carboxylic acids is 1. The molecule has 0 saturated heterocycles. The standard InChI is InChI=1S/C19H20O3/c20-19(21)18-8-4-7-15-13-16(9-10-17(15)18)22-12-11-14-5-2-1-3-6-14/h1-3,5-6,9-10,13,18H,4,7-8,11-12H2,(H,20,21). The summed E-state index contributed by atoms with van der Waals surface area (Å²) in [5.74, 6) is -0.249. The molecule has 1 aliphatic carbocycles. The van der Waals surface area contributed by atoms with Gasteiger partial charge in [0.25, 0.3) is 0 Å². The molecule has 0 aliphatic heterocycles. The zero-order valence-electron chi connectivity index (χ0n) is 12.5. The van der Waals surface area contributed by atoms with Gasteiger partial charge in [-0.15, -0.1) is 0 Å². The Morgan fingerprint density at radius 2 is 2.00 bits per heavy atom. The topological polar surface area (TPSA) is 46.5 Å². The van der Waals surface area contributed by atoms with Crippen molar-refractivity contribution in [1.29, 1.82) is 0 Å². The van der Waals surface area contributed by atoms with E-state index in [-0.39, 0.29) is 5.92 Å². The average molecular weight is 296 g/mol. The largest absolute Gasteiger partial charge is 0.493 e. The number of ether oxygens (including phenoxy) is 1. The maximum absolute atomic E-state index is 11.3. The lowest BCUT2D eigenvalue weighted by Gasteiger charge is -2.22. The first-order valence-corrected chi connectivity index (χ1v) is 7.76. The molecule has 1 aliphatic rings. The fraction of sp³-hybridized carbons (Fsp3) is 0.316. The van der Waals surface area contributed by atoms with Crippen LogP contribution >= 0.6 is 0 Å². The maximum Gasteiger partial charge on any atom is 0.310 e. The number of benzene rings is 2. The van der Waals surface area contributed by atoms with Crippen molar-refractivity contribution in [1.82, 2.24) is 0 Å². The number of aryl methyl sites for hydroxylation is 1. The number of hydrogen-bond acceptors (Lipinski definition) is 2. The van der Waals surface area contributed by atoms with E-state index in [1.54, 1.807) is 0 Å². The van der Waals surface area contributed by atoms with Crippen molar-refractivity contribution in [2.45, 2.75) is 31.6 Å². The Morgan fingerprint density at radius 3 is 2.77 bits per heavy atom. The van der Waals surface area contributed by atoms with Crippen molar-refractivity contribution in [2.75, 3.05) is 6.61 Å². The molecule has 0 spiro atoms. The molecule has 3 nitrogen and oxygen atoms in total. The van der Waals surface area contributed by atoms with Gasteiger partial charge in [0.2, 0.25) is 0 Å². The molecule has 0 fully saturated rings. The summed E-state index contributed by atoms with van der Waals surface area (Å²) in [7, 11) is 0. The lowest BCUT2D eigenvalue weighted by atomic mass is 9.83. The fourth-order valence-corrected chi connectivity index (χ4v) is 3.07. The van der Waals surface area contributed by atoms with E-state index in [4.69, 9.17) is 4.74 Å². The SMILES string of the molecule is O=C(O)C1CCCc2cc(OCCc3ccccc3)ccc21. The summed E-state index contributed by atoms with van der Waals surface area (Å²) in [5, 5.41) is 9.29. The molecular formula is C19H20O3. The summed E-state index contributed by atoms with van der Waals surface area (Å²) in [6.45, 7) is 0.630. The Balaban J connectivity index is 1.65. The molecule has 0 bridgehead atoms. The minimum absolute atomic E-state index is 0.359. The van der Waals surface area contributed by atoms with E-state index in [1.807, 2.05) is 36.4 Å². The van der Waals surface area contributed by atoms with Crippen LogP contribution in [0.15, 0.2) is 48.5 Å². The minimum Gasteiger partial charge on any atom is -0.493 e. The normalized spacial score (nSPS) is 16.8. The molecule has 22 heavy (non-hydrogen) atoms. The predicted molar refractivity (Wildman–Crippen MR) is 85.4 cm³/mol. The first kappa shape index (κ1) is 14.6. The molecular weight excluding hydrogens is 276 g/mol. The van der Waals surface area contributed by atoms with Crippen LogP contribution in [-0.4, -0.2) is 17.7 Å². The van der Waals surface area contributed by atoms with Gasteiger partial charge in [-0.05, 0) is 48.1 Å². The number of carbonyl (C=O) groups is 1. The Kier molecular flexibility index (Phi) is 4.42. The third-order valence-corrected chi connectivity index (χ3v) is 4.23. The van der Waals surface area contributed by atoms with Gasteiger partial charge in [0, 0.05) is 6.42 Å². The maximum atomic E-state index is 11.3. The molecule has 0 heterocycles. The molecule has 1 N–H and O–H groups in total. The molecule has 0 aromatic heterocycles. The smallest absolute Gasteiger partial charge is 0.310 e. The zero-order valence-corrected chi connectivity index (χ0v) is 12.5. The molecule has 0 radical (unpaired) electrons. The van der Waals surface area contributed by atoms with Crippen LogP contribution in [0.4, 0.5) is 0 Å². The number of fused-ring (bicyclic) bond motifs is 1.